The van der Waals surface area contributed by atoms with Crippen LogP contribution >= 0.6 is 23.1 Å². The van der Waals surface area contributed by atoms with Gasteiger partial charge in [-0.2, -0.15) is 4.98 Å². The summed E-state index contributed by atoms with van der Waals surface area (Å²) in [4.78, 5) is 4.93. The molecule has 0 unspecified atom stereocenters. The van der Waals surface area contributed by atoms with Crippen LogP contribution in [0.3, 0.4) is 0 Å². The lowest BCUT2D eigenvalue weighted by Gasteiger charge is -1.88. The molecule has 14 heavy (non-hydrogen) atoms. The molecule has 0 aliphatic heterocycles. The Labute approximate surface area is 89.3 Å². The minimum absolute atomic E-state index is 0.247. The fourth-order valence-corrected chi connectivity index (χ4v) is 1.78. The van der Waals surface area contributed by atoms with Gasteiger partial charge in [0.15, 0.2) is 5.82 Å². The lowest BCUT2D eigenvalue weighted by atomic mass is 10.3. The summed E-state index contributed by atoms with van der Waals surface area (Å²) in [7, 11) is 0. The summed E-state index contributed by atoms with van der Waals surface area (Å²) in [5.74, 6) is 1.18. The van der Waals surface area contributed by atoms with E-state index in [4.69, 9.17) is 16.1 Å². The van der Waals surface area contributed by atoms with Crippen LogP contribution in [0.5, 0.6) is 0 Å². The van der Waals surface area contributed by atoms with E-state index in [0.29, 0.717) is 11.7 Å². The molecule has 0 radical (unpaired) electrons. The van der Waals surface area contributed by atoms with Crippen LogP contribution in [-0.4, -0.2) is 19.7 Å². The van der Waals surface area contributed by atoms with Crippen LogP contribution in [0.1, 0.15) is 18.4 Å². The summed E-state index contributed by atoms with van der Waals surface area (Å²) in [6.45, 7) is 2.00. The van der Waals surface area contributed by atoms with Gasteiger partial charge in [-0.1, -0.05) is 16.6 Å². The molecular weight excluding hydrogens is 224 g/mol. The van der Waals surface area contributed by atoms with Crippen LogP contribution < -0.4 is 0 Å². The smallest absolute Gasteiger partial charge is 0.271 e. The second-order valence-electron chi connectivity index (χ2n) is 2.55. The first-order valence-corrected chi connectivity index (χ1v) is 5.36. The third-order valence-electron chi connectivity index (χ3n) is 1.67. The second kappa shape index (κ2) is 4.02. The lowest BCUT2D eigenvalue weighted by Crippen LogP contribution is -1.85. The number of nitrogens with zero attached hydrogens (tertiary/aromatic N) is 4. The van der Waals surface area contributed by atoms with E-state index in [1.165, 1.54) is 11.5 Å². The Morgan fingerprint density at radius 1 is 1.50 bits per heavy atom. The Balaban J connectivity index is 2.38. The van der Waals surface area contributed by atoms with Crippen molar-refractivity contribution in [2.45, 2.75) is 19.2 Å². The summed E-state index contributed by atoms with van der Waals surface area (Å²) in [5, 5.41) is 7.65. The van der Waals surface area contributed by atoms with Gasteiger partial charge in [-0.3, -0.25) is 0 Å². The number of rotatable bonds is 3. The number of alkyl halides is 1. The van der Waals surface area contributed by atoms with Gasteiger partial charge in [-0.15, -0.1) is 16.7 Å². The maximum absolute atomic E-state index is 5.56. The van der Waals surface area contributed by atoms with E-state index in [-0.39, 0.29) is 5.88 Å². The van der Waals surface area contributed by atoms with Crippen molar-refractivity contribution in [2.24, 2.45) is 0 Å². The number of halogens is 1. The monoisotopic (exact) mass is 230 g/mol. The molecule has 0 aromatic carbocycles. The Kier molecular flexibility index (Phi) is 2.74. The van der Waals surface area contributed by atoms with Gasteiger partial charge in [0, 0.05) is 0 Å². The standard InChI is InChI=1S/C7H7ClN4OS/c1-2-4-6(14-12-10-4)7-9-5(3-8)11-13-7/h2-3H2,1H3. The lowest BCUT2D eigenvalue weighted by molar-refractivity contribution is 0.425. The van der Waals surface area contributed by atoms with Crippen molar-refractivity contribution in [3.8, 4) is 10.8 Å². The first-order valence-electron chi connectivity index (χ1n) is 4.05. The highest BCUT2D eigenvalue weighted by atomic mass is 35.5. The zero-order valence-electron chi connectivity index (χ0n) is 7.40. The topological polar surface area (TPSA) is 64.7 Å². The molecule has 0 aliphatic carbocycles. The second-order valence-corrected chi connectivity index (χ2v) is 3.57. The maximum Gasteiger partial charge on any atom is 0.271 e. The zero-order chi connectivity index (χ0) is 9.97. The van der Waals surface area contributed by atoms with E-state index >= 15 is 0 Å². The summed E-state index contributed by atoms with van der Waals surface area (Å²) >= 11 is 6.81. The van der Waals surface area contributed by atoms with E-state index < -0.39 is 0 Å². The van der Waals surface area contributed by atoms with Crippen LogP contribution in [0.15, 0.2) is 4.52 Å². The van der Waals surface area contributed by atoms with Gasteiger partial charge in [-0.25, -0.2) is 0 Å². The van der Waals surface area contributed by atoms with Crippen LogP contribution in [0.25, 0.3) is 10.8 Å². The molecule has 2 aromatic rings. The summed E-state index contributed by atoms with van der Waals surface area (Å²) in [6.07, 6.45) is 0.796. The predicted octanol–water partition coefficient (Wildman–Crippen LogP) is 1.89. The van der Waals surface area contributed by atoms with Crippen LogP contribution in [0, 0.1) is 0 Å². The molecular formula is C7H7ClN4OS. The van der Waals surface area contributed by atoms with E-state index in [9.17, 15) is 0 Å². The molecule has 5 nitrogen and oxygen atoms in total. The van der Waals surface area contributed by atoms with Crippen molar-refractivity contribution in [3.63, 3.8) is 0 Å². The summed E-state index contributed by atoms with van der Waals surface area (Å²) in [5.41, 5.74) is 0.875. The Morgan fingerprint density at radius 3 is 3.00 bits per heavy atom. The quantitative estimate of drug-likeness (QED) is 0.754. The van der Waals surface area contributed by atoms with Gasteiger partial charge in [0.2, 0.25) is 0 Å². The third-order valence-corrected chi connectivity index (χ3v) is 2.67. The highest BCUT2D eigenvalue weighted by Crippen LogP contribution is 2.24. The fourth-order valence-electron chi connectivity index (χ4n) is 1.00. The van der Waals surface area contributed by atoms with Crippen molar-refractivity contribution in [3.05, 3.63) is 11.5 Å². The zero-order valence-corrected chi connectivity index (χ0v) is 8.97. The molecule has 0 saturated carbocycles. The van der Waals surface area contributed by atoms with Crippen molar-refractivity contribution in [2.75, 3.05) is 0 Å². The molecule has 0 aliphatic rings. The Bertz CT molecular complexity index is 427. The number of aromatic nitrogens is 4. The van der Waals surface area contributed by atoms with E-state index in [1.807, 2.05) is 6.92 Å². The van der Waals surface area contributed by atoms with Crippen molar-refractivity contribution >= 4 is 23.1 Å². The van der Waals surface area contributed by atoms with Gasteiger partial charge < -0.3 is 4.52 Å². The number of hydrogen-bond acceptors (Lipinski definition) is 6. The molecule has 0 saturated heterocycles. The van der Waals surface area contributed by atoms with Crippen LogP contribution in [-0.2, 0) is 12.3 Å². The van der Waals surface area contributed by atoms with Crippen molar-refractivity contribution < 1.29 is 4.52 Å². The van der Waals surface area contributed by atoms with Gasteiger partial charge >= 0.3 is 0 Å². The molecule has 0 spiro atoms. The van der Waals surface area contributed by atoms with Gasteiger partial charge in [-0.05, 0) is 18.0 Å². The highest BCUT2D eigenvalue weighted by Gasteiger charge is 2.15. The summed E-state index contributed by atoms with van der Waals surface area (Å²) in [6, 6.07) is 0. The van der Waals surface area contributed by atoms with Gasteiger partial charge in [0.05, 0.1) is 11.6 Å². The van der Waals surface area contributed by atoms with E-state index in [2.05, 4.69) is 19.7 Å². The number of aryl methyl sites for hydroxylation is 1. The molecule has 0 bridgehead atoms. The number of hydrogen-bond donors (Lipinski definition) is 0. The Hall–Kier alpha value is -1.01. The molecule has 74 valence electrons. The molecule has 7 heteroatoms. The minimum Gasteiger partial charge on any atom is -0.333 e. The first-order chi connectivity index (χ1) is 6.85. The SMILES string of the molecule is CCc1nnsc1-c1nc(CCl)no1. The maximum atomic E-state index is 5.56. The molecule has 0 amide bonds. The molecule has 0 N–H and O–H groups in total. The van der Waals surface area contributed by atoms with E-state index in [0.717, 1.165) is 17.0 Å². The largest absolute Gasteiger partial charge is 0.333 e. The minimum atomic E-state index is 0.247. The van der Waals surface area contributed by atoms with Gasteiger partial charge in [0.25, 0.3) is 5.89 Å². The van der Waals surface area contributed by atoms with Crippen molar-refractivity contribution in [1.29, 1.82) is 0 Å². The predicted molar refractivity (Wildman–Crippen MR) is 52.1 cm³/mol. The molecule has 0 atom stereocenters. The molecule has 2 heterocycles. The Morgan fingerprint density at radius 2 is 2.36 bits per heavy atom. The van der Waals surface area contributed by atoms with Gasteiger partial charge in [0.1, 0.15) is 4.88 Å². The van der Waals surface area contributed by atoms with E-state index in [1.54, 1.807) is 0 Å². The normalized spacial score (nSPS) is 10.7. The third kappa shape index (κ3) is 1.62. The summed E-state index contributed by atoms with van der Waals surface area (Å²) < 4.78 is 8.86. The average molecular weight is 231 g/mol. The molecule has 2 aromatic heterocycles. The molecule has 0 fully saturated rings. The average Bonchev–Trinajstić information content (AvgIpc) is 2.85. The van der Waals surface area contributed by atoms with Crippen LogP contribution in [0.2, 0.25) is 0 Å². The fraction of sp³-hybridized carbons (Fsp3) is 0.429. The molecule has 2 rings (SSSR count). The van der Waals surface area contributed by atoms with Crippen molar-refractivity contribution in [1.82, 2.24) is 19.7 Å². The first kappa shape index (κ1) is 9.54. The highest BCUT2D eigenvalue weighted by molar-refractivity contribution is 7.09. The van der Waals surface area contributed by atoms with Crippen LogP contribution in [0.4, 0.5) is 0 Å².